The fourth-order valence-electron chi connectivity index (χ4n) is 1.96. The van der Waals surface area contributed by atoms with Crippen molar-refractivity contribution >= 4 is 35.1 Å². The summed E-state index contributed by atoms with van der Waals surface area (Å²) in [5.41, 5.74) is 6.38. The average Bonchev–Trinajstić information content (AvgIpc) is 2.75. The molecule has 0 bridgehead atoms. The van der Waals surface area contributed by atoms with E-state index >= 15 is 0 Å². The number of nitrogens with zero attached hydrogens (tertiary/aromatic N) is 2. The maximum absolute atomic E-state index is 12.1. The number of aryl methyl sites for hydroxylation is 1. The summed E-state index contributed by atoms with van der Waals surface area (Å²) in [6.07, 6.45) is -1.05. The SMILES string of the molecule is Cc1nn(Cc2ccccc2Cl)c(Cl)c1C(=O)O[C@@H](C)C(N)=O. The van der Waals surface area contributed by atoms with Gasteiger partial charge in [-0.05, 0) is 25.5 Å². The number of carbonyl (C=O) groups is 2. The third-order valence-electron chi connectivity index (χ3n) is 3.23. The number of primary amides is 1. The van der Waals surface area contributed by atoms with Gasteiger partial charge in [0.2, 0.25) is 0 Å². The van der Waals surface area contributed by atoms with Gasteiger partial charge in [0.05, 0.1) is 12.2 Å². The predicted octanol–water partition coefficient (Wildman–Crippen LogP) is 2.58. The Balaban J connectivity index is 2.27. The molecule has 0 aliphatic rings. The Morgan fingerprint density at radius 1 is 1.35 bits per heavy atom. The van der Waals surface area contributed by atoms with Gasteiger partial charge in [0.1, 0.15) is 10.7 Å². The number of aromatic nitrogens is 2. The molecule has 1 heterocycles. The Labute approximate surface area is 143 Å². The molecule has 1 aromatic heterocycles. The molecule has 2 aromatic rings. The number of benzene rings is 1. The summed E-state index contributed by atoms with van der Waals surface area (Å²) in [7, 11) is 0. The summed E-state index contributed by atoms with van der Waals surface area (Å²) in [5, 5.41) is 4.92. The molecule has 1 amide bonds. The van der Waals surface area contributed by atoms with Gasteiger partial charge in [-0.15, -0.1) is 0 Å². The minimum absolute atomic E-state index is 0.104. The van der Waals surface area contributed by atoms with E-state index in [0.717, 1.165) is 5.56 Å². The lowest BCUT2D eigenvalue weighted by Crippen LogP contribution is -2.30. The molecule has 8 heteroatoms. The van der Waals surface area contributed by atoms with E-state index in [-0.39, 0.29) is 10.7 Å². The quantitative estimate of drug-likeness (QED) is 0.834. The van der Waals surface area contributed by atoms with Crippen LogP contribution in [0.2, 0.25) is 10.2 Å². The first-order valence-corrected chi connectivity index (χ1v) is 7.53. The Bertz CT molecular complexity index is 758. The van der Waals surface area contributed by atoms with E-state index < -0.39 is 18.0 Å². The molecule has 23 heavy (non-hydrogen) atoms. The molecule has 0 fully saturated rings. The molecular weight excluding hydrogens is 341 g/mol. The number of rotatable bonds is 5. The molecule has 1 aromatic carbocycles. The summed E-state index contributed by atoms with van der Waals surface area (Å²) in [6.45, 7) is 3.32. The highest BCUT2D eigenvalue weighted by atomic mass is 35.5. The summed E-state index contributed by atoms with van der Waals surface area (Å²) in [6, 6.07) is 7.25. The Kier molecular flexibility index (Phi) is 5.28. The summed E-state index contributed by atoms with van der Waals surface area (Å²) < 4.78 is 6.42. The fourth-order valence-corrected chi connectivity index (χ4v) is 2.46. The van der Waals surface area contributed by atoms with Crippen LogP contribution in [0.5, 0.6) is 0 Å². The average molecular weight is 356 g/mol. The van der Waals surface area contributed by atoms with Crippen LogP contribution in [0, 0.1) is 6.92 Å². The van der Waals surface area contributed by atoms with Gasteiger partial charge in [-0.1, -0.05) is 41.4 Å². The van der Waals surface area contributed by atoms with Crippen molar-refractivity contribution < 1.29 is 14.3 Å². The highest BCUT2D eigenvalue weighted by Gasteiger charge is 2.25. The zero-order chi connectivity index (χ0) is 17.1. The van der Waals surface area contributed by atoms with Gasteiger partial charge in [0.15, 0.2) is 6.10 Å². The van der Waals surface area contributed by atoms with Crippen LogP contribution in [0.1, 0.15) is 28.5 Å². The van der Waals surface area contributed by atoms with Crippen LogP contribution < -0.4 is 5.73 Å². The Morgan fingerprint density at radius 3 is 2.61 bits per heavy atom. The largest absolute Gasteiger partial charge is 0.449 e. The van der Waals surface area contributed by atoms with Crippen LogP contribution >= 0.6 is 23.2 Å². The highest BCUT2D eigenvalue weighted by Crippen LogP contribution is 2.24. The van der Waals surface area contributed by atoms with Crippen LogP contribution in [0.3, 0.4) is 0 Å². The maximum Gasteiger partial charge on any atom is 0.343 e. The third kappa shape index (κ3) is 3.83. The van der Waals surface area contributed by atoms with Crippen molar-refractivity contribution in [1.29, 1.82) is 0 Å². The summed E-state index contributed by atoms with van der Waals surface area (Å²) in [5.74, 6) is -1.49. The van der Waals surface area contributed by atoms with Gasteiger partial charge in [-0.25, -0.2) is 9.48 Å². The van der Waals surface area contributed by atoms with Gasteiger partial charge in [-0.3, -0.25) is 4.79 Å². The number of esters is 1. The van der Waals surface area contributed by atoms with Crippen LogP contribution in [-0.2, 0) is 16.1 Å². The number of hydrogen-bond donors (Lipinski definition) is 1. The van der Waals surface area contributed by atoms with Crippen LogP contribution in [0.25, 0.3) is 0 Å². The monoisotopic (exact) mass is 355 g/mol. The first-order chi connectivity index (χ1) is 10.8. The first-order valence-electron chi connectivity index (χ1n) is 6.78. The van der Waals surface area contributed by atoms with Crippen molar-refractivity contribution in [3.05, 3.63) is 51.3 Å². The zero-order valence-electron chi connectivity index (χ0n) is 12.5. The first kappa shape index (κ1) is 17.3. The number of ether oxygens (including phenoxy) is 1. The molecule has 6 nitrogen and oxygen atoms in total. The molecule has 0 spiro atoms. The molecule has 122 valence electrons. The lowest BCUT2D eigenvalue weighted by atomic mass is 10.2. The van der Waals surface area contributed by atoms with Crippen molar-refractivity contribution in [3.8, 4) is 0 Å². The highest BCUT2D eigenvalue weighted by molar-refractivity contribution is 6.33. The number of amides is 1. The van der Waals surface area contributed by atoms with Crippen molar-refractivity contribution in [2.45, 2.75) is 26.5 Å². The van der Waals surface area contributed by atoms with Gasteiger partial charge >= 0.3 is 5.97 Å². The standard InChI is InChI=1S/C15H15Cl2N3O3/c1-8-12(15(22)23-9(2)14(18)21)13(17)20(19-8)7-10-5-3-4-6-11(10)16/h3-6,9H,7H2,1-2H3,(H2,18,21)/t9-/m0/s1. The van der Waals surface area contributed by atoms with E-state index in [4.69, 9.17) is 33.7 Å². The van der Waals surface area contributed by atoms with Crippen molar-refractivity contribution in [2.75, 3.05) is 0 Å². The smallest absolute Gasteiger partial charge is 0.343 e. The van der Waals surface area contributed by atoms with Gasteiger partial charge in [0, 0.05) is 5.02 Å². The number of hydrogen-bond acceptors (Lipinski definition) is 4. The second kappa shape index (κ2) is 7.02. The fraction of sp³-hybridized carbons (Fsp3) is 0.267. The summed E-state index contributed by atoms with van der Waals surface area (Å²) in [4.78, 5) is 23.1. The normalized spacial score (nSPS) is 12.0. The summed E-state index contributed by atoms with van der Waals surface area (Å²) >= 11 is 12.3. The lowest BCUT2D eigenvalue weighted by Gasteiger charge is -2.09. The number of halogens is 2. The Hall–Kier alpha value is -2.05. The topological polar surface area (TPSA) is 87.2 Å². The predicted molar refractivity (Wildman–Crippen MR) is 86.6 cm³/mol. The van der Waals surface area contributed by atoms with E-state index in [1.165, 1.54) is 11.6 Å². The molecule has 0 saturated heterocycles. The minimum Gasteiger partial charge on any atom is -0.449 e. The third-order valence-corrected chi connectivity index (χ3v) is 3.98. The van der Waals surface area contributed by atoms with E-state index in [2.05, 4.69) is 5.10 Å². The minimum atomic E-state index is -1.05. The van der Waals surface area contributed by atoms with Crippen molar-refractivity contribution in [1.82, 2.24) is 9.78 Å². The van der Waals surface area contributed by atoms with Gasteiger partial charge < -0.3 is 10.5 Å². The molecule has 0 saturated carbocycles. The van der Waals surface area contributed by atoms with Crippen molar-refractivity contribution in [2.24, 2.45) is 5.73 Å². The van der Waals surface area contributed by atoms with E-state index in [9.17, 15) is 9.59 Å². The molecule has 2 rings (SSSR count). The molecule has 0 aliphatic heterocycles. The van der Waals surface area contributed by atoms with E-state index in [0.29, 0.717) is 17.3 Å². The molecule has 0 radical (unpaired) electrons. The molecule has 0 unspecified atom stereocenters. The number of carbonyl (C=O) groups excluding carboxylic acids is 2. The van der Waals surface area contributed by atoms with Crippen LogP contribution in [-0.4, -0.2) is 27.8 Å². The van der Waals surface area contributed by atoms with Gasteiger partial charge in [0.25, 0.3) is 5.91 Å². The number of nitrogens with two attached hydrogens (primary N) is 1. The lowest BCUT2D eigenvalue weighted by molar-refractivity contribution is -0.125. The maximum atomic E-state index is 12.1. The molecular formula is C15H15Cl2N3O3. The molecule has 2 N–H and O–H groups in total. The van der Waals surface area contributed by atoms with E-state index in [1.54, 1.807) is 13.0 Å². The second-order valence-electron chi connectivity index (χ2n) is 4.95. The second-order valence-corrected chi connectivity index (χ2v) is 5.72. The van der Waals surface area contributed by atoms with Crippen molar-refractivity contribution in [3.63, 3.8) is 0 Å². The Morgan fingerprint density at radius 2 is 2.00 bits per heavy atom. The van der Waals surface area contributed by atoms with Gasteiger partial charge in [-0.2, -0.15) is 5.10 Å². The molecule has 1 atom stereocenters. The zero-order valence-corrected chi connectivity index (χ0v) is 14.1. The van der Waals surface area contributed by atoms with E-state index in [1.807, 2.05) is 18.2 Å². The van der Waals surface area contributed by atoms with Crippen LogP contribution in [0.15, 0.2) is 24.3 Å². The molecule has 0 aliphatic carbocycles. The van der Waals surface area contributed by atoms with Crippen LogP contribution in [0.4, 0.5) is 0 Å².